The number of nitrogens with zero attached hydrogens (tertiary/aromatic N) is 2. The van der Waals surface area contributed by atoms with Crippen molar-refractivity contribution in [3.8, 4) is 5.75 Å². The Balaban J connectivity index is 1.72. The summed E-state index contributed by atoms with van der Waals surface area (Å²) < 4.78 is 35.8. The van der Waals surface area contributed by atoms with Crippen molar-refractivity contribution in [3.63, 3.8) is 0 Å². The number of primary sulfonamides is 1. The predicted molar refractivity (Wildman–Crippen MR) is 117 cm³/mol. The van der Waals surface area contributed by atoms with E-state index in [1.165, 1.54) is 34.2 Å². The van der Waals surface area contributed by atoms with Crippen LogP contribution in [0.15, 0.2) is 46.1 Å². The molecule has 1 aromatic carbocycles. The predicted octanol–water partition coefficient (Wildman–Crippen LogP) is 1.59. The molecule has 1 heterocycles. The third-order valence-corrected chi connectivity index (χ3v) is 6.22. The van der Waals surface area contributed by atoms with Crippen LogP contribution in [0.25, 0.3) is 0 Å². The van der Waals surface area contributed by atoms with Crippen LogP contribution in [0.1, 0.15) is 50.6 Å². The molecule has 170 valence electrons. The number of rotatable bonds is 10. The van der Waals surface area contributed by atoms with E-state index in [1.54, 1.807) is 6.92 Å². The van der Waals surface area contributed by atoms with Crippen LogP contribution in [0.3, 0.4) is 0 Å². The summed E-state index contributed by atoms with van der Waals surface area (Å²) in [7, 11) is -3.55. The second-order valence-electron chi connectivity index (χ2n) is 7.81. The molecule has 0 spiro atoms. The molecule has 0 bridgehead atoms. The number of aromatic nitrogens is 2. The van der Waals surface area contributed by atoms with Crippen LogP contribution >= 0.6 is 0 Å². The molecular formula is C21H29N3O6S. The van der Waals surface area contributed by atoms with Crippen LogP contribution in [0.5, 0.6) is 5.75 Å². The highest BCUT2D eigenvalue weighted by Gasteiger charge is 2.18. The molecule has 0 aliphatic heterocycles. The van der Waals surface area contributed by atoms with E-state index < -0.39 is 27.3 Å². The normalized spacial score (nSPS) is 15.8. The van der Waals surface area contributed by atoms with E-state index in [-0.39, 0.29) is 31.6 Å². The minimum atomic E-state index is -3.55. The largest absolute Gasteiger partial charge is 0.490 e. The molecule has 3 rings (SSSR count). The molecule has 0 amide bonds. The summed E-state index contributed by atoms with van der Waals surface area (Å²) in [5.74, 6) is 0.538. The molecule has 0 saturated heterocycles. The lowest BCUT2D eigenvalue weighted by Crippen LogP contribution is -2.41. The van der Waals surface area contributed by atoms with Crippen LogP contribution in [-0.2, 0) is 21.5 Å². The summed E-state index contributed by atoms with van der Waals surface area (Å²) in [4.78, 5) is 25.3. The lowest BCUT2D eigenvalue weighted by atomic mass is 10.1. The average Bonchev–Trinajstić information content (AvgIpc) is 3.21. The first-order valence-electron chi connectivity index (χ1n) is 10.4. The summed E-state index contributed by atoms with van der Waals surface area (Å²) in [6, 6.07) is 8.29. The smallest absolute Gasteiger partial charge is 0.333 e. The molecule has 31 heavy (non-hydrogen) atoms. The first-order valence-corrected chi connectivity index (χ1v) is 12.1. The number of nitrogens with two attached hydrogens (primary N) is 1. The number of ether oxygens (including phenoxy) is 2. The second kappa shape index (κ2) is 10.3. The SMILES string of the molecule is CC(c1cccc(OC2CCCC2)c1)n1c(=O)ccn(COCCCS(N)(=O)=O)c1=O. The Morgan fingerprint density at radius 1 is 1.19 bits per heavy atom. The van der Waals surface area contributed by atoms with Crippen LogP contribution in [0, 0.1) is 0 Å². The summed E-state index contributed by atoms with van der Waals surface area (Å²) >= 11 is 0. The summed E-state index contributed by atoms with van der Waals surface area (Å²) in [6.45, 7) is 1.81. The Labute approximate surface area is 181 Å². The maximum absolute atomic E-state index is 12.9. The van der Waals surface area contributed by atoms with Gasteiger partial charge in [-0.1, -0.05) is 12.1 Å². The monoisotopic (exact) mass is 451 g/mol. The number of hydrogen-bond acceptors (Lipinski definition) is 6. The van der Waals surface area contributed by atoms with Gasteiger partial charge in [-0.15, -0.1) is 0 Å². The number of benzene rings is 1. The molecule has 1 aliphatic carbocycles. The lowest BCUT2D eigenvalue weighted by molar-refractivity contribution is 0.0732. The fraction of sp³-hybridized carbons (Fsp3) is 0.524. The average molecular weight is 452 g/mol. The van der Waals surface area contributed by atoms with E-state index in [1.807, 2.05) is 24.3 Å². The van der Waals surface area contributed by atoms with Gasteiger partial charge in [0.25, 0.3) is 5.56 Å². The van der Waals surface area contributed by atoms with E-state index in [0.29, 0.717) is 0 Å². The highest BCUT2D eigenvalue weighted by molar-refractivity contribution is 7.89. The van der Waals surface area contributed by atoms with E-state index in [0.717, 1.165) is 24.2 Å². The van der Waals surface area contributed by atoms with Gasteiger partial charge in [-0.3, -0.25) is 13.9 Å². The standard InChI is InChI=1S/C21H29N3O6S/c1-16(17-6-4-9-19(14-17)30-18-7-2-3-8-18)24-20(25)10-11-23(21(24)26)15-29-12-5-13-31(22,27)28/h4,6,9-11,14,16,18H,2-3,5,7-8,12-13,15H2,1H3,(H2,22,27,28). The molecule has 1 fully saturated rings. The lowest BCUT2D eigenvalue weighted by Gasteiger charge is -2.19. The fourth-order valence-electron chi connectivity index (χ4n) is 3.71. The van der Waals surface area contributed by atoms with Crippen molar-refractivity contribution in [2.24, 2.45) is 5.14 Å². The van der Waals surface area contributed by atoms with Crippen LogP contribution in [0.2, 0.25) is 0 Å². The first kappa shape index (κ1) is 23.2. The Morgan fingerprint density at radius 2 is 1.94 bits per heavy atom. The Bertz CT molecular complexity index is 1100. The molecule has 1 saturated carbocycles. The summed E-state index contributed by atoms with van der Waals surface area (Å²) in [5.41, 5.74) is -0.125. The first-order chi connectivity index (χ1) is 14.7. The van der Waals surface area contributed by atoms with Crippen molar-refractivity contribution in [1.29, 1.82) is 0 Å². The van der Waals surface area contributed by atoms with Gasteiger partial charge in [-0.05, 0) is 56.7 Å². The van der Waals surface area contributed by atoms with Gasteiger partial charge in [-0.25, -0.2) is 18.4 Å². The van der Waals surface area contributed by atoms with Crippen molar-refractivity contribution in [2.75, 3.05) is 12.4 Å². The van der Waals surface area contributed by atoms with E-state index in [9.17, 15) is 18.0 Å². The van der Waals surface area contributed by atoms with Gasteiger partial charge in [-0.2, -0.15) is 0 Å². The third-order valence-electron chi connectivity index (χ3n) is 5.37. The minimum Gasteiger partial charge on any atom is -0.490 e. The van der Waals surface area contributed by atoms with Crippen LogP contribution in [0.4, 0.5) is 0 Å². The number of sulfonamides is 1. The van der Waals surface area contributed by atoms with Gasteiger partial charge >= 0.3 is 5.69 Å². The highest BCUT2D eigenvalue weighted by atomic mass is 32.2. The molecular weight excluding hydrogens is 422 g/mol. The summed E-state index contributed by atoms with van der Waals surface area (Å²) in [5, 5.41) is 4.95. The topological polar surface area (TPSA) is 123 Å². The van der Waals surface area contributed by atoms with Crippen molar-refractivity contribution in [1.82, 2.24) is 9.13 Å². The molecule has 1 aliphatic rings. The quantitative estimate of drug-likeness (QED) is 0.548. The highest BCUT2D eigenvalue weighted by Crippen LogP contribution is 2.26. The molecule has 9 nitrogen and oxygen atoms in total. The molecule has 0 radical (unpaired) electrons. The maximum atomic E-state index is 12.9. The van der Waals surface area contributed by atoms with Crippen molar-refractivity contribution in [2.45, 2.75) is 57.9 Å². The zero-order chi connectivity index (χ0) is 22.4. The molecule has 2 aromatic rings. The van der Waals surface area contributed by atoms with E-state index >= 15 is 0 Å². The number of hydrogen-bond donors (Lipinski definition) is 1. The molecule has 2 N–H and O–H groups in total. The van der Waals surface area contributed by atoms with Gasteiger partial charge in [0.15, 0.2) is 0 Å². The van der Waals surface area contributed by atoms with Crippen LogP contribution < -0.4 is 21.1 Å². The van der Waals surface area contributed by atoms with Gasteiger partial charge in [0.05, 0.1) is 17.9 Å². The van der Waals surface area contributed by atoms with Gasteiger partial charge in [0, 0.05) is 18.9 Å². The maximum Gasteiger partial charge on any atom is 0.333 e. The molecule has 1 aromatic heterocycles. The minimum absolute atomic E-state index is 0.0959. The van der Waals surface area contributed by atoms with E-state index in [4.69, 9.17) is 14.6 Å². The van der Waals surface area contributed by atoms with Gasteiger partial charge in [0.1, 0.15) is 12.5 Å². The Morgan fingerprint density at radius 3 is 2.65 bits per heavy atom. The zero-order valence-electron chi connectivity index (χ0n) is 17.6. The summed E-state index contributed by atoms with van der Waals surface area (Å²) in [6.07, 6.45) is 6.23. The zero-order valence-corrected chi connectivity index (χ0v) is 18.4. The molecule has 1 atom stereocenters. The Kier molecular flexibility index (Phi) is 7.69. The Hall–Kier alpha value is -2.43. The van der Waals surface area contributed by atoms with E-state index in [2.05, 4.69) is 0 Å². The fourth-order valence-corrected chi connectivity index (χ4v) is 4.23. The van der Waals surface area contributed by atoms with Gasteiger partial charge in [0.2, 0.25) is 10.0 Å². The van der Waals surface area contributed by atoms with Crippen molar-refractivity contribution < 1.29 is 17.9 Å². The van der Waals surface area contributed by atoms with Crippen molar-refractivity contribution in [3.05, 3.63) is 62.9 Å². The van der Waals surface area contributed by atoms with Gasteiger partial charge < -0.3 is 9.47 Å². The van der Waals surface area contributed by atoms with Crippen molar-refractivity contribution >= 4 is 10.0 Å². The van der Waals surface area contributed by atoms with Crippen LogP contribution in [-0.4, -0.2) is 36.0 Å². The molecule has 1 unspecified atom stereocenters. The second-order valence-corrected chi connectivity index (χ2v) is 9.54. The third kappa shape index (κ3) is 6.52. The molecule has 10 heteroatoms.